The first kappa shape index (κ1) is 16.0. The van der Waals surface area contributed by atoms with E-state index in [0.29, 0.717) is 18.8 Å². The van der Waals surface area contributed by atoms with Crippen LogP contribution in [-0.2, 0) is 9.59 Å². The van der Waals surface area contributed by atoms with Crippen molar-refractivity contribution in [1.82, 2.24) is 5.32 Å². The van der Waals surface area contributed by atoms with Crippen LogP contribution >= 0.6 is 0 Å². The van der Waals surface area contributed by atoms with E-state index in [4.69, 9.17) is 0 Å². The fraction of sp³-hybridized carbons (Fsp3) is 0.867. The molecule has 1 fully saturated rings. The molecule has 0 bridgehead atoms. The smallest absolute Gasteiger partial charge is 0.307 e. The normalized spacial score (nSPS) is 27.3. The summed E-state index contributed by atoms with van der Waals surface area (Å²) < 4.78 is 0. The van der Waals surface area contributed by atoms with E-state index >= 15 is 0 Å². The lowest BCUT2D eigenvalue weighted by Gasteiger charge is -2.33. The minimum absolute atomic E-state index is 0.0673. The second-order valence-electron chi connectivity index (χ2n) is 5.96. The maximum atomic E-state index is 12.4. The summed E-state index contributed by atoms with van der Waals surface area (Å²) in [7, 11) is 0. The monoisotopic (exact) mass is 269 g/mol. The van der Waals surface area contributed by atoms with Gasteiger partial charge in [0.2, 0.25) is 5.91 Å². The summed E-state index contributed by atoms with van der Waals surface area (Å²) in [6, 6.07) is 0. The van der Waals surface area contributed by atoms with Gasteiger partial charge in [-0.15, -0.1) is 0 Å². The van der Waals surface area contributed by atoms with Crippen molar-refractivity contribution in [2.24, 2.45) is 17.8 Å². The summed E-state index contributed by atoms with van der Waals surface area (Å²) in [5, 5.41) is 12.4. The molecule has 0 aromatic heterocycles. The first-order valence-corrected chi connectivity index (χ1v) is 7.43. The predicted molar refractivity (Wildman–Crippen MR) is 74.8 cm³/mol. The van der Waals surface area contributed by atoms with Crippen molar-refractivity contribution in [3.63, 3.8) is 0 Å². The molecule has 4 nitrogen and oxygen atoms in total. The number of nitrogens with one attached hydrogen (secondary N) is 1. The standard InChI is InChI=1S/C15H27NO3/c1-5-15(6-2,7-3)16-13(17)11-8-10(4)9-12(11)14(18)19/h10-12H,5-9H2,1-4H3,(H,16,17)(H,18,19)/t10?,11-,12+/m0/s1. The summed E-state index contributed by atoms with van der Waals surface area (Å²) in [5.41, 5.74) is -0.175. The average Bonchev–Trinajstić information content (AvgIpc) is 2.78. The molecule has 0 radical (unpaired) electrons. The maximum Gasteiger partial charge on any atom is 0.307 e. The van der Waals surface area contributed by atoms with Crippen LogP contribution < -0.4 is 5.32 Å². The SMILES string of the molecule is CCC(CC)(CC)NC(=O)[C@H]1CC(C)C[C@H]1C(=O)O. The highest BCUT2D eigenvalue weighted by molar-refractivity contribution is 5.85. The summed E-state index contributed by atoms with van der Waals surface area (Å²) in [5.74, 6) is -1.46. The predicted octanol–water partition coefficient (Wildman–Crippen LogP) is 2.82. The van der Waals surface area contributed by atoms with Gasteiger partial charge in [0.15, 0.2) is 0 Å². The van der Waals surface area contributed by atoms with Gasteiger partial charge in [-0.1, -0.05) is 27.7 Å². The van der Waals surface area contributed by atoms with Crippen molar-refractivity contribution in [1.29, 1.82) is 0 Å². The Labute approximate surface area is 116 Å². The third-order valence-corrected chi connectivity index (χ3v) is 4.87. The Bertz CT molecular complexity index is 328. The van der Waals surface area contributed by atoms with E-state index in [9.17, 15) is 14.7 Å². The lowest BCUT2D eigenvalue weighted by atomic mass is 9.87. The molecule has 2 N–H and O–H groups in total. The van der Waals surface area contributed by atoms with Crippen LogP contribution in [-0.4, -0.2) is 22.5 Å². The van der Waals surface area contributed by atoms with Crippen molar-refractivity contribution in [3.05, 3.63) is 0 Å². The molecule has 0 heterocycles. The Morgan fingerprint density at radius 2 is 1.58 bits per heavy atom. The molecule has 110 valence electrons. The first-order chi connectivity index (χ1) is 8.89. The maximum absolute atomic E-state index is 12.4. The van der Waals surface area contributed by atoms with Gasteiger partial charge < -0.3 is 10.4 Å². The van der Waals surface area contributed by atoms with Crippen molar-refractivity contribution in [3.8, 4) is 0 Å². The Morgan fingerprint density at radius 3 is 2.00 bits per heavy atom. The number of aliphatic carboxylic acids is 1. The van der Waals surface area contributed by atoms with Crippen LogP contribution in [0.3, 0.4) is 0 Å². The zero-order chi connectivity index (χ0) is 14.6. The van der Waals surface area contributed by atoms with Crippen molar-refractivity contribution in [2.45, 2.75) is 65.3 Å². The molecule has 19 heavy (non-hydrogen) atoms. The molecule has 1 aliphatic rings. The average molecular weight is 269 g/mol. The highest BCUT2D eigenvalue weighted by atomic mass is 16.4. The van der Waals surface area contributed by atoms with Crippen molar-refractivity contribution < 1.29 is 14.7 Å². The summed E-state index contributed by atoms with van der Waals surface area (Å²) in [6.07, 6.45) is 3.95. The third kappa shape index (κ3) is 3.48. The van der Waals surface area contributed by atoms with Gasteiger partial charge in [-0.3, -0.25) is 9.59 Å². The van der Waals surface area contributed by atoms with Gasteiger partial charge in [0.25, 0.3) is 0 Å². The Kier molecular flexibility index (Phi) is 5.39. The molecule has 0 spiro atoms. The van der Waals surface area contributed by atoms with Gasteiger partial charge in [0.1, 0.15) is 0 Å². The van der Waals surface area contributed by atoms with E-state index in [1.54, 1.807) is 0 Å². The highest BCUT2D eigenvalue weighted by Crippen LogP contribution is 2.37. The molecule has 1 unspecified atom stereocenters. The molecule has 1 amide bonds. The van der Waals surface area contributed by atoms with Crippen LogP contribution in [0.1, 0.15) is 59.8 Å². The molecule has 1 rings (SSSR count). The van der Waals surface area contributed by atoms with Gasteiger partial charge in [-0.25, -0.2) is 0 Å². The second-order valence-corrected chi connectivity index (χ2v) is 5.96. The number of carbonyl (C=O) groups is 2. The minimum atomic E-state index is -0.834. The number of amides is 1. The van der Waals surface area contributed by atoms with Crippen molar-refractivity contribution in [2.75, 3.05) is 0 Å². The summed E-state index contributed by atoms with van der Waals surface area (Å²) >= 11 is 0. The topological polar surface area (TPSA) is 66.4 Å². The van der Waals surface area contributed by atoms with Gasteiger partial charge in [-0.05, 0) is 38.0 Å². The Hall–Kier alpha value is -1.06. The highest BCUT2D eigenvalue weighted by Gasteiger charge is 2.42. The Balaban J connectivity index is 2.79. The number of rotatable bonds is 6. The number of carbonyl (C=O) groups excluding carboxylic acids is 1. The van der Waals surface area contributed by atoms with Crippen LogP contribution in [0, 0.1) is 17.8 Å². The largest absolute Gasteiger partial charge is 0.481 e. The summed E-state index contributed by atoms with van der Waals surface area (Å²) in [4.78, 5) is 23.7. The van der Waals surface area contributed by atoms with Crippen LogP contribution in [0.25, 0.3) is 0 Å². The lowest BCUT2D eigenvalue weighted by Crippen LogP contribution is -2.50. The van der Waals surface area contributed by atoms with Gasteiger partial charge in [0.05, 0.1) is 11.8 Å². The second kappa shape index (κ2) is 6.40. The van der Waals surface area contributed by atoms with E-state index in [-0.39, 0.29) is 17.4 Å². The molecule has 1 saturated carbocycles. The van der Waals surface area contributed by atoms with Gasteiger partial charge >= 0.3 is 5.97 Å². The first-order valence-electron chi connectivity index (χ1n) is 7.43. The number of hydrogen-bond acceptors (Lipinski definition) is 2. The molecule has 0 aromatic carbocycles. The molecule has 4 heteroatoms. The fourth-order valence-corrected chi connectivity index (χ4v) is 3.22. The van der Waals surface area contributed by atoms with Crippen LogP contribution in [0.4, 0.5) is 0 Å². The van der Waals surface area contributed by atoms with Crippen molar-refractivity contribution >= 4 is 11.9 Å². The number of carboxylic acid groups (broad SMARTS) is 1. The van der Waals surface area contributed by atoms with Crippen LogP contribution in [0.15, 0.2) is 0 Å². The molecule has 0 aromatic rings. The van der Waals surface area contributed by atoms with E-state index in [1.165, 1.54) is 0 Å². The van der Waals surface area contributed by atoms with Gasteiger partial charge in [-0.2, -0.15) is 0 Å². The lowest BCUT2D eigenvalue weighted by molar-refractivity contribution is -0.146. The minimum Gasteiger partial charge on any atom is -0.481 e. The molecular weight excluding hydrogens is 242 g/mol. The summed E-state index contributed by atoms with van der Waals surface area (Å²) in [6.45, 7) is 8.23. The number of hydrogen-bond donors (Lipinski definition) is 2. The fourth-order valence-electron chi connectivity index (χ4n) is 3.22. The van der Waals surface area contributed by atoms with E-state index in [2.05, 4.69) is 26.1 Å². The van der Waals surface area contributed by atoms with E-state index in [1.807, 2.05) is 6.92 Å². The quantitative estimate of drug-likeness (QED) is 0.779. The van der Waals surface area contributed by atoms with Crippen LogP contribution in [0.5, 0.6) is 0 Å². The van der Waals surface area contributed by atoms with E-state index in [0.717, 1.165) is 19.3 Å². The Morgan fingerprint density at radius 1 is 1.11 bits per heavy atom. The van der Waals surface area contributed by atoms with E-state index < -0.39 is 11.9 Å². The van der Waals surface area contributed by atoms with Gasteiger partial charge in [0, 0.05) is 5.54 Å². The molecule has 3 atom stereocenters. The zero-order valence-electron chi connectivity index (χ0n) is 12.5. The molecule has 1 aliphatic carbocycles. The zero-order valence-corrected chi connectivity index (χ0v) is 12.5. The molecular formula is C15H27NO3. The molecule has 0 aliphatic heterocycles. The number of carboxylic acids is 1. The third-order valence-electron chi connectivity index (χ3n) is 4.87. The molecule has 0 saturated heterocycles. The van der Waals surface area contributed by atoms with Crippen LogP contribution in [0.2, 0.25) is 0 Å².